The van der Waals surface area contributed by atoms with Crippen molar-refractivity contribution in [1.29, 1.82) is 0 Å². The predicted octanol–water partition coefficient (Wildman–Crippen LogP) is 2.20. The van der Waals surface area contributed by atoms with Crippen molar-refractivity contribution in [2.45, 2.75) is 45.7 Å². The van der Waals surface area contributed by atoms with E-state index in [1.54, 1.807) is 7.11 Å². The minimum Gasteiger partial charge on any atom is -0.497 e. The lowest BCUT2D eigenvalue weighted by Crippen LogP contribution is -2.57. The van der Waals surface area contributed by atoms with Crippen LogP contribution in [0.1, 0.15) is 39.7 Å². The second-order valence-corrected chi connectivity index (χ2v) is 7.69. The number of benzene rings is 1. The lowest BCUT2D eigenvalue weighted by molar-refractivity contribution is -0.134. The quantitative estimate of drug-likeness (QED) is 0.719. The Hall–Kier alpha value is -2.34. The molecule has 1 aliphatic heterocycles. The molecule has 1 aliphatic rings. The number of nitrogens with zero attached hydrogens (tertiary/aromatic N) is 1. The molecule has 27 heavy (non-hydrogen) atoms. The van der Waals surface area contributed by atoms with Gasteiger partial charge in [-0.25, -0.2) is 0 Å². The van der Waals surface area contributed by atoms with Crippen LogP contribution in [-0.4, -0.2) is 49.5 Å². The SMILES string of the molecule is COc1ccc(C(C)(C)NC(=O)C[C@H]2C(=O)NCCN2CC=C(C)C)cc1. The summed E-state index contributed by atoms with van der Waals surface area (Å²) in [4.78, 5) is 27.1. The topological polar surface area (TPSA) is 70.7 Å². The molecular formula is C21H31N3O3. The Bertz CT molecular complexity index is 691. The van der Waals surface area contributed by atoms with Crippen LogP contribution >= 0.6 is 0 Å². The van der Waals surface area contributed by atoms with Crippen molar-refractivity contribution >= 4 is 11.8 Å². The van der Waals surface area contributed by atoms with Gasteiger partial charge in [-0.3, -0.25) is 14.5 Å². The molecule has 0 aliphatic carbocycles. The van der Waals surface area contributed by atoms with Crippen molar-refractivity contribution in [3.8, 4) is 5.75 Å². The summed E-state index contributed by atoms with van der Waals surface area (Å²) in [7, 11) is 1.62. The number of ether oxygens (including phenoxy) is 1. The second kappa shape index (κ2) is 9.04. The van der Waals surface area contributed by atoms with Crippen molar-refractivity contribution in [3.05, 3.63) is 41.5 Å². The van der Waals surface area contributed by atoms with Crippen LogP contribution in [0.2, 0.25) is 0 Å². The summed E-state index contributed by atoms with van der Waals surface area (Å²) in [5, 5.41) is 5.93. The smallest absolute Gasteiger partial charge is 0.237 e. The van der Waals surface area contributed by atoms with E-state index in [1.165, 1.54) is 5.57 Å². The summed E-state index contributed by atoms with van der Waals surface area (Å²) < 4.78 is 5.18. The number of amides is 2. The van der Waals surface area contributed by atoms with E-state index >= 15 is 0 Å². The van der Waals surface area contributed by atoms with Crippen LogP contribution in [0.5, 0.6) is 5.75 Å². The number of piperazine rings is 1. The molecule has 1 aromatic carbocycles. The minimum atomic E-state index is -0.542. The molecule has 0 bridgehead atoms. The molecule has 0 aromatic heterocycles. The Morgan fingerprint density at radius 1 is 1.33 bits per heavy atom. The molecule has 6 nitrogen and oxygen atoms in total. The maximum atomic E-state index is 12.7. The van der Waals surface area contributed by atoms with Gasteiger partial charge in [-0.15, -0.1) is 0 Å². The Balaban J connectivity index is 2.04. The van der Waals surface area contributed by atoms with Gasteiger partial charge in [0, 0.05) is 19.6 Å². The van der Waals surface area contributed by atoms with Crippen molar-refractivity contribution in [3.63, 3.8) is 0 Å². The molecule has 1 atom stereocenters. The highest BCUT2D eigenvalue weighted by atomic mass is 16.5. The fourth-order valence-electron chi connectivity index (χ4n) is 3.16. The maximum absolute atomic E-state index is 12.7. The normalized spacial score (nSPS) is 17.8. The van der Waals surface area contributed by atoms with Crippen molar-refractivity contribution in [1.82, 2.24) is 15.5 Å². The largest absolute Gasteiger partial charge is 0.497 e. The van der Waals surface area contributed by atoms with E-state index < -0.39 is 11.6 Å². The fraction of sp³-hybridized carbons (Fsp3) is 0.524. The zero-order valence-corrected chi connectivity index (χ0v) is 17.0. The summed E-state index contributed by atoms with van der Waals surface area (Å²) in [6, 6.07) is 7.18. The highest BCUT2D eigenvalue weighted by molar-refractivity contribution is 5.89. The van der Waals surface area contributed by atoms with Crippen molar-refractivity contribution in [2.75, 3.05) is 26.7 Å². The van der Waals surface area contributed by atoms with E-state index in [-0.39, 0.29) is 18.2 Å². The van der Waals surface area contributed by atoms with Gasteiger partial charge in [-0.05, 0) is 45.4 Å². The highest BCUT2D eigenvalue weighted by Gasteiger charge is 2.32. The van der Waals surface area contributed by atoms with Gasteiger partial charge in [0.1, 0.15) is 5.75 Å². The molecule has 1 aromatic rings. The van der Waals surface area contributed by atoms with E-state index in [9.17, 15) is 9.59 Å². The van der Waals surface area contributed by atoms with Crippen LogP contribution in [-0.2, 0) is 15.1 Å². The first-order valence-corrected chi connectivity index (χ1v) is 9.33. The Labute approximate surface area is 162 Å². The Morgan fingerprint density at radius 2 is 2.00 bits per heavy atom. The van der Waals surface area contributed by atoms with Gasteiger partial charge in [0.15, 0.2) is 0 Å². The van der Waals surface area contributed by atoms with Gasteiger partial charge >= 0.3 is 0 Å². The maximum Gasteiger partial charge on any atom is 0.237 e. The van der Waals surface area contributed by atoms with Gasteiger partial charge in [-0.1, -0.05) is 23.8 Å². The summed E-state index contributed by atoms with van der Waals surface area (Å²) in [6.07, 6.45) is 2.23. The molecule has 0 saturated carbocycles. The summed E-state index contributed by atoms with van der Waals surface area (Å²) in [5.41, 5.74) is 1.63. The average Bonchev–Trinajstić information content (AvgIpc) is 2.61. The van der Waals surface area contributed by atoms with Crippen molar-refractivity contribution in [2.24, 2.45) is 0 Å². The third kappa shape index (κ3) is 5.82. The van der Waals surface area contributed by atoms with Crippen LogP contribution < -0.4 is 15.4 Å². The number of carbonyl (C=O) groups excluding carboxylic acids is 2. The number of rotatable bonds is 7. The fourth-order valence-corrected chi connectivity index (χ4v) is 3.16. The molecule has 1 fully saturated rings. The number of hydrogen-bond donors (Lipinski definition) is 2. The van der Waals surface area contributed by atoms with E-state index in [1.807, 2.05) is 52.0 Å². The monoisotopic (exact) mass is 373 g/mol. The molecular weight excluding hydrogens is 342 g/mol. The van der Waals surface area contributed by atoms with Crippen molar-refractivity contribution < 1.29 is 14.3 Å². The van der Waals surface area contributed by atoms with Gasteiger partial charge < -0.3 is 15.4 Å². The minimum absolute atomic E-state index is 0.0826. The lowest BCUT2D eigenvalue weighted by Gasteiger charge is -2.35. The van der Waals surface area contributed by atoms with Crippen LogP contribution in [0.25, 0.3) is 0 Å². The van der Waals surface area contributed by atoms with Crippen LogP contribution in [0.4, 0.5) is 0 Å². The number of allylic oxidation sites excluding steroid dienone is 1. The molecule has 1 heterocycles. The Morgan fingerprint density at radius 3 is 2.59 bits per heavy atom. The standard InChI is InChI=1S/C21H31N3O3/c1-15(2)10-12-24-13-11-22-20(26)18(24)14-19(25)23-21(3,4)16-6-8-17(27-5)9-7-16/h6-10,18H,11-14H2,1-5H3,(H,22,26)(H,23,25)/t18-/m0/s1. The molecule has 0 radical (unpaired) electrons. The number of carbonyl (C=O) groups is 2. The Kier molecular flexibility index (Phi) is 7.02. The van der Waals surface area contributed by atoms with E-state index in [4.69, 9.17) is 4.74 Å². The zero-order valence-electron chi connectivity index (χ0n) is 17.0. The van der Waals surface area contributed by atoms with Gasteiger partial charge in [0.25, 0.3) is 0 Å². The molecule has 2 rings (SSSR count). The first kappa shape index (κ1) is 21.0. The third-order valence-corrected chi connectivity index (χ3v) is 4.82. The molecule has 1 saturated heterocycles. The summed E-state index contributed by atoms with van der Waals surface area (Å²) in [6.45, 7) is 10.0. The molecule has 2 amide bonds. The molecule has 0 spiro atoms. The van der Waals surface area contributed by atoms with Gasteiger partial charge in [0.2, 0.25) is 11.8 Å². The van der Waals surface area contributed by atoms with Crippen LogP contribution in [0.15, 0.2) is 35.9 Å². The average molecular weight is 373 g/mol. The molecule has 148 valence electrons. The highest BCUT2D eigenvalue weighted by Crippen LogP contribution is 2.23. The number of hydrogen-bond acceptors (Lipinski definition) is 4. The first-order chi connectivity index (χ1) is 12.7. The molecule has 6 heteroatoms. The second-order valence-electron chi connectivity index (χ2n) is 7.69. The third-order valence-electron chi connectivity index (χ3n) is 4.82. The van der Waals surface area contributed by atoms with Crippen LogP contribution in [0.3, 0.4) is 0 Å². The number of nitrogens with one attached hydrogen (secondary N) is 2. The van der Waals surface area contributed by atoms with E-state index in [2.05, 4.69) is 21.6 Å². The summed E-state index contributed by atoms with van der Waals surface area (Å²) in [5.74, 6) is 0.551. The van der Waals surface area contributed by atoms with E-state index in [0.29, 0.717) is 13.1 Å². The predicted molar refractivity (Wildman–Crippen MR) is 107 cm³/mol. The number of methoxy groups -OCH3 is 1. The first-order valence-electron chi connectivity index (χ1n) is 9.33. The molecule has 2 N–H and O–H groups in total. The summed E-state index contributed by atoms with van der Waals surface area (Å²) >= 11 is 0. The molecule has 0 unspecified atom stereocenters. The lowest BCUT2D eigenvalue weighted by atomic mass is 9.93. The van der Waals surface area contributed by atoms with Gasteiger partial charge in [-0.2, -0.15) is 0 Å². The van der Waals surface area contributed by atoms with Gasteiger partial charge in [0.05, 0.1) is 25.1 Å². The van der Waals surface area contributed by atoms with E-state index in [0.717, 1.165) is 17.9 Å². The van der Waals surface area contributed by atoms with Crippen LogP contribution in [0, 0.1) is 0 Å². The zero-order chi connectivity index (χ0) is 20.0.